The van der Waals surface area contributed by atoms with Crippen LogP contribution in [-0.4, -0.2) is 0 Å². The van der Waals surface area contributed by atoms with E-state index in [9.17, 15) is 4.57 Å². The van der Waals surface area contributed by atoms with Crippen molar-refractivity contribution in [2.75, 3.05) is 0 Å². The zero-order valence-electron chi connectivity index (χ0n) is 11.6. The molecule has 110 valence electrons. The molecule has 0 heterocycles. The summed E-state index contributed by atoms with van der Waals surface area (Å²) in [5.41, 5.74) is 0. The Labute approximate surface area is 143 Å². The molecule has 0 N–H and O–H groups in total. The average Bonchev–Trinajstić information content (AvgIpc) is 2.58. The quantitative estimate of drug-likeness (QED) is 0.589. The lowest BCUT2D eigenvalue weighted by atomic mass is 10.3. The highest BCUT2D eigenvalue weighted by molar-refractivity contribution is 9.10. The first-order valence-electron chi connectivity index (χ1n) is 6.79. The third kappa shape index (κ3) is 2.79. The zero-order valence-corrected chi connectivity index (χ0v) is 14.9. The van der Waals surface area contributed by atoms with Crippen molar-refractivity contribution in [3.05, 3.63) is 88.4 Å². The van der Waals surface area contributed by atoms with Gasteiger partial charge in [-0.2, -0.15) is 0 Å². The van der Waals surface area contributed by atoms with Crippen molar-refractivity contribution in [1.82, 2.24) is 0 Å². The lowest BCUT2D eigenvalue weighted by Gasteiger charge is -2.21. The summed E-state index contributed by atoms with van der Waals surface area (Å²) in [5.74, 6) is 0. The Balaban J connectivity index is 2.34. The van der Waals surface area contributed by atoms with E-state index < -0.39 is 7.14 Å². The molecule has 4 heteroatoms. The van der Waals surface area contributed by atoms with Crippen molar-refractivity contribution in [2.45, 2.75) is 0 Å². The van der Waals surface area contributed by atoms with Gasteiger partial charge in [0.05, 0.1) is 0 Å². The van der Waals surface area contributed by atoms with Crippen LogP contribution in [0.5, 0.6) is 0 Å². The van der Waals surface area contributed by atoms with E-state index in [2.05, 4.69) is 15.9 Å². The molecule has 0 saturated heterocycles. The fourth-order valence-electron chi connectivity index (χ4n) is 2.43. The van der Waals surface area contributed by atoms with E-state index in [0.29, 0.717) is 5.02 Å². The molecule has 0 unspecified atom stereocenters. The van der Waals surface area contributed by atoms with Gasteiger partial charge in [0, 0.05) is 25.4 Å². The van der Waals surface area contributed by atoms with Crippen LogP contribution in [0.15, 0.2) is 83.3 Å². The van der Waals surface area contributed by atoms with Crippen LogP contribution in [0.1, 0.15) is 0 Å². The maximum absolute atomic E-state index is 14.1. The second-order valence-corrected chi connectivity index (χ2v) is 8.90. The molecule has 22 heavy (non-hydrogen) atoms. The van der Waals surface area contributed by atoms with Crippen molar-refractivity contribution in [3.63, 3.8) is 0 Å². The van der Waals surface area contributed by atoms with Gasteiger partial charge in [0.2, 0.25) is 0 Å². The Bertz CT molecular complexity index is 791. The predicted molar refractivity (Wildman–Crippen MR) is 98.5 cm³/mol. The first-order valence-corrected chi connectivity index (χ1v) is 9.67. The highest BCUT2D eigenvalue weighted by Gasteiger charge is 2.31. The third-order valence-corrected chi connectivity index (χ3v) is 7.82. The molecule has 0 amide bonds. The summed E-state index contributed by atoms with van der Waals surface area (Å²) in [7, 11) is -2.97. The van der Waals surface area contributed by atoms with Crippen molar-refractivity contribution in [1.29, 1.82) is 0 Å². The third-order valence-electron chi connectivity index (χ3n) is 3.49. The Kier molecular flexibility index (Phi) is 4.54. The van der Waals surface area contributed by atoms with Gasteiger partial charge in [-0.25, -0.2) is 0 Å². The molecule has 0 bridgehead atoms. The Morgan fingerprint density at radius 1 is 0.773 bits per heavy atom. The lowest BCUT2D eigenvalue weighted by molar-refractivity contribution is 0.592. The monoisotopic (exact) mass is 390 g/mol. The normalized spacial score (nSPS) is 11.4. The van der Waals surface area contributed by atoms with E-state index in [1.165, 1.54) is 0 Å². The molecule has 0 aliphatic heterocycles. The SMILES string of the molecule is O=P(c1ccccc1)(c1ccccc1)c1cc(Cl)ccc1Br. The molecule has 0 spiro atoms. The van der Waals surface area contributed by atoms with Crippen molar-refractivity contribution in [2.24, 2.45) is 0 Å². The molecule has 1 nitrogen and oxygen atoms in total. The minimum absolute atomic E-state index is 0.574. The number of hydrogen-bond donors (Lipinski definition) is 0. The molecule has 3 aromatic rings. The fourth-order valence-corrected chi connectivity index (χ4v) is 6.41. The molecule has 3 aromatic carbocycles. The highest BCUT2D eigenvalue weighted by atomic mass is 79.9. The van der Waals surface area contributed by atoms with Crippen LogP contribution in [0.3, 0.4) is 0 Å². The number of benzene rings is 3. The molecule has 3 rings (SSSR count). The second-order valence-electron chi connectivity index (χ2n) is 4.88. The lowest BCUT2D eigenvalue weighted by Crippen LogP contribution is -2.25. The fraction of sp³-hybridized carbons (Fsp3) is 0. The Morgan fingerprint density at radius 3 is 1.77 bits per heavy atom. The van der Waals surface area contributed by atoms with Crippen LogP contribution in [0.2, 0.25) is 5.02 Å². The van der Waals surface area contributed by atoms with Gasteiger partial charge < -0.3 is 4.57 Å². The van der Waals surface area contributed by atoms with Crippen LogP contribution in [0, 0.1) is 0 Å². The summed E-state index contributed by atoms with van der Waals surface area (Å²) >= 11 is 9.69. The van der Waals surface area contributed by atoms with Gasteiger partial charge in [-0.1, -0.05) is 72.3 Å². The molecule has 0 aliphatic rings. The van der Waals surface area contributed by atoms with Gasteiger partial charge in [0.1, 0.15) is 0 Å². The molecule has 0 fully saturated rings. The van der Waals surface area contributed by atoms with Crippen LogP contribution in [0.25, 0.3) is 0 Å². The number of rotatable bonds is 3. The Morgan fingerprint density at radius 2 is 1.27 bits per heavy atom. The van der Waals surface area contributed by atoms with Crippen LogP contribution >= 0.6 is 34.7 Å². The minimum atomic E-state index is -2.97. The first-order chi connectivity index (χ1) is 10.6. The van der Waals surface area contributed by atoms with Crippen molar-refractivity contribution in [3.8, 4) is 0 Å². The largest absolute Gasteiger partial charge is 0.309 e. The molecule has 0 saturated carbocycles. The van der Waals surface area contributed by atoms with E-state index in [4.69, 9.17) is 11.6 Å². The molecule has 0 aromatic heterocycles. The summed E-state index contributed by atoms with van der Waals surface area (Å²) in [6, 6.07) is 24.5. The maximum Gasteiger partial charge on any atom is 0.172 e. The van der Waals surface area contributed by atoms with Crippen LogP contribution in [0.4, 0.5) is 0 Å². The summed E-state index contributed by atoms with van der Waals surface area (Å²) in [5, 5.41) is 2.89. The van der Waals surface area contributed by atoms with Gasteiger partial charge in [-0.15, -0.1) is 0 Å². The van der Waals surface area contributed by atoms with Crippen LogP contribution in [-0.2, 0) is 4.57 Å². The van der Waals surface area contributed by atoms with Gasteiger partial charge in [-0.3, -0.25) is 0 Å². The highest BCUT2D eigenvalue weighted by Crippen LogP contribution is 2.44. The van der Waals surface area contributed by atoms with E-state index in [-0.39, 0.29) is 0 Å². The van der Waals surface area contributed by atoms with Crippen molar-refractivity contribution >= 4 is 50.6 Å². The number of halogens is 2. The van der Waals surface area contributed by atoms with Gasteiger partial charge in [0.25, 0.3) is 0 Å². The first kappa shape index (κ1) is 15.6. The van der Waals surface area contributed by atoms with Gasteiger partial charge >= 0.3 is 0 Å². The van der Waals surface area contributed by atoms with Crippen LogP contribution < -0.4 is 15.9 Å². The molecular formula is C18H13BrClOP. The standard InChI is InChI=1S/C18H13BrClOP/c19-17-12-11-14(20)13-18(17)22(21,15-7-3-1-4-8-15)16-9-5-2-6-10-16/h1-13H. The Hall–Kier alpha value is -1.34. The summed E-state index contributed by atoms with van der Waals surface area (Å²) in [6.45, 7) is 0. The van der Waals surface area contributed by atoms with E-state index >= 15 is 0 Å². The zero-order chi connectivity index (χ0) is 15.6. The smallest absolute Gasteiger partial charge is 0.172 e. The average molecular weight is 392 g/mol. The van der Waals surface area contributed by atoms with E-state index in [0.717, 1.165) is 20.4 Å². The molecule has 0 atom stereocenters. The summed E-state index contributed by atoms with van der Waals surface area (Å²) in [4.78, 5) is 0. The second kappa shape index (κ2) is 6.42. The van der Waals surface area contributed by atoms with E-state index in [1.807, 2.05) is 66.7 Å². The van der Waals surface area contributed by atoms with Gasteiger partial charge in [0.15, 0.2) is 7.14 Å². The van der Waals surface area contributed by atoms with Gasteiger partial charge in [-0.05, 0) is 34.1 Å². The molecule has 0 aliphatic carbocycles. The maximum atomic E-state index is 14.1. The minimum Gasteiger partial charge on any atom is -0.309 e. The topological polar surface area (TPSA) is 17.1 Å². The van der Waals surface area contributed by atoms with Crippen molar-refractivity contribution < 1.29 is 4.57 Å². The molecular weight excluding hydrogens is 379 g/mol. The molecule has 0 radical (unpaired) electrons. The summed E-state index contributed by atoms with van der Waals surface area (Å²) in [6.07, 6.45) is 0. The summed E-state index contributed by atoms with van der Waals surface area (Å²) < 4.78 is 14.9. The van der Waals surface area contributed by atoms with E-state index in [1.54, 1.807) is 12.1 Å². The number of hydrogen-bond acceptors (Lipinski definition) is 1. The predicted octanol–water partition coefficient (Wildman–Crippen LogP) is 4.74.